The van der Waals surface area contributed by atoms with Crippen LogP contribution in [0.4, 0.5) is 22.0 Å². The molecule has 2 nitrogen and oxygen atoms in total. The molecule has 0 aliphatic heterocycles. The molecule has 0 aliphatic carbocycles. The van der Waals surface area contributed by atoms with E-state index in [1.54, 1.807) is 6.92 Å². The molecule has 0 heterocycles. The van der Waals surface area contributed by atoms with Gasteiger partial charge < -0.3 is 9.84 Å². The lowest BCUT2D eigenvalue weighted by atomic mass is 9.88. The van der Waals surface area contributed by atoms with Crippen LogP contribution in [0.25, 0.3) is 0 Å². The van der Waals surface area contributed by atoms with Crippen LogP contribution in [0.5, 0.6) is 0 Å². The quantitative estimate of drug-likeness (QED) is 0.493. The van der Waals surface area contributed by atoms with Crippen LogP contribution >= 0.6 is 0 Å². The summed E-state index contributed by atoms with van der Waals surface area (Å²) >= 11 is 0. The monoisotopic (exact) mass is 312 g/mol. The van der Waals surface area contributed by atoms with Gasteiger partial charge in [0.15, 0.2) is 23.3 Å². The number of hydrogen-bond donors (Lipinski definition) is 1. The molecule has 120 valence electrons. The van der Waals surface area contributed by atoms with E-state index in [0.717, 1.165) is 0 Å². The van der Waals surface area contributed by atoms with E-state index in [1.165, 1.54) is 13.8 Å². The van der Waals surface area contributed by atoms with Gasteiger partial charge in [0.2, 0.25) is 5.82 Å². The fraction of sp³-hybridized carbons (Fsp3) is 0.571. The molecule has 0 saturated carbocycles. The predicted octanol–water partition coefficient (Wildman–Crippen LogP) is 3.66. The van der Waals surface area contributed by atoms with Crippen LogP contribution in [-0.4, -0.2) is 23.9 Å². The van der Waals surface area contributed by atoms with E-state index in [9.17, 15) is 27.1 Å². The summed E-state index contributed by atoms with van der Waals surface area (Å²) in [5.74, 6) is -11.5. The van der Waals surface area contributed by atoms with Crippen molar-refractivity contribution in [3.8, 4) is 0 Å². The minimum atomic E-state index is -2.22. The summed E-state index contributed by atoms with van der Waals surface area (Å²) in [5, 5.41) is 9.68. The Morgan fingerprint density at radius 3 is 1.71 bits per heavy atom. The summed E-state index contributed by atoms with van der Waals surface area (Å²) in [6.07, 6.45) is -1.67. The van der Waals surface area contributed by atoms with Crippen molar-refractivity contribution in [3.63, 3.8) is 0 Å². The van der Waals surface area contributed by atoms with E-state index in [0.29, 0.717) is 6.42 Å². The van der Waals surface area contributed by atoms with Crippen LogP contribution < -0.4 is 0 Å². The van der Waals surface area contributed by atoms with E-state index < -0.39 is 52.8 Å². The zero-order valence-electron chi connectivity index (χ0n) is 11.9. The molecule has 0 amide bonds. The van der Waals surface area contributed by atoms with Gasteiger partial charge in [0.05, 0.1) is 12.2 Å². The Morgan fingerprint density at radius 1 is 0.905 bits per heavy atom. The number of halogens is 5. The molecule has 0 radical (unpaired) electrons. The van der Waals surface area contributed by atoms with Gasteiger partial charge in [0.25, 0.3) is 0 Å². The molecule has 21 heavy (non-hydrogen) atoms. The van der Waals surface area contributed by atoms with Gasteiger partial charge in [0, 0.05) is 18.1 Å². The highest BCUT2D eigenvalue weighted by Crippen LogP contribution is 2.34. The second kappa shape index (κ2) is 7.17. The SMILES string of the molecule is CCCOC(C)C(c1c(F)c(F)c(F)c(F)c1F)C(C)O. The molecule has 7 heteroatoms. The van der Waals surface area contributed by atoms with E-state index in [4.69, 9.17) is 4.74 Å². The molecule has 1 aromatic carbocycles. The molecule has 3 unspecified atom stereocenters. The van der Waals surface area contributed by atoms with Crippen molar-refractivity contribution in [2.45, 2.75) is 45.3 Å². The van der Waals surface area contributed by atoms with Crippen molar-refractivity contribution in [1.82, 2.24) is 0 Å². The summed E-state index contributed by atoms with van der Waals surface area (Å²) in [7, 11) is 0. The number of ether oxygens (including phenoxy) is 1. The van der Waals surface area contributed by atoms with Gasteiger partial charge in [0.1, 0.15) is 0 Å². The van der Waals surface area contributed by atoms with Crippen LogP contribution in [0.3, 0.4) is 0 Å². The summed E-state index contributed by atoms with van der Waals surface area (Å²) < 4.78 is 72.4. The molecule has 0 spiro atoms. The third kappa shape index (κ3) is 3.52. The fourth-order valence-electron chi connectivity index (χ4n) is 2.19. The summed E-state index contributed by atoms with van der Waals surface area (Å²) in [4.78, 5) is 0. The minimum absolute atomic E-state index is 0.236. The Balaban J connectivity index is 3.39. The molecule has 0 bridgehead atoms. The highest BCUT2D eigenvalue weighted by molar-refractivity contribution is 5.29. The first-order valence-electron chi connectivity index (χ1n) is 6.54. The Kier molecular flexibility index (Phi) is 6.10. The fourth-order valence-corrected chi connectivity index (χ4v) is 2.19. The van der Waals surface area contributed by atoms with E-state index in [-0.39, 0.29) is 6.61 Å². The second-order valence-corrected chi connectivity index (χ2v) is 4.83. The molecule has 0 aromatic heterocycles. The van der Waals surface area contributed by atoms with Gasteiger partial charge in [-0.3, -0.25) is 0 Å². The highest BCUT2D eigenvalue weighted by atomic mass is 19.2. The molecule has 1 N–H and O–H groups in total. The van der Waals surface area contributed by atoms with Gasteiger partial charge in [-0.2, -0.15) is 0 Å². The molecule has 0 aliphatic rings. The maximum absolute atomic E-state index is 13.8. The third-order valence-corrected chi connectivity index (χ3v) is 3.19. The maximum Gasteiger partial charge on any atom is 0.200 e. The number of benzene rings is 1. The number of rotatable bonds is 6. The second-order valence-electron chi connectivity index (χ2n) is 4.83. The molecule has 0 fully saturated rings. The van der Waals surface area contributed by atoms with Gasteiger partial charge in [-0.05, 0) is 20.3 Å². The largest absolute Gasteiger partial charge is 0.393 e. The van der Waals surface area contributed by atoms with Gasteiger partial charge in [-0.1, -0.05) is 6.92 Å². The average molecular weight is 312 g/mol. The van der Waals surface area contributed by atoms with Gasteiger partial charge >= 0.3 is 0 Å². The van der Waals surface area contributed by atoms with Crippen molar-refractivity contribution in [1.29, 1.82) is 0 Å². The Labute approximate surface area is 119 Å². The zero-order valence-corrected chi connectivity index (χ0v) is 11.9. The number of aliphatic hydroxyl groups excluding tert-OH is 1. The lowest BCUT2D eigenvalue weighted by Crippen LogP contribution is -2.31. The van der Waals surface area contributed by atoms with Crippen molar-refractivity contribution < 1.29 is 31.8 Å². The lowest BCUT2D eigenvalue weighted by molar-refractivity contribution is 0.00675. The normalized spacial score (nSPS) is 15.9. The van der Waals surface area contributed by atoms with Crippen molar-refractivity contribution in [3.05, 3.63) is 34.6 Å². The Bertz CT molecular complexity index is 476. The first-order valence-corrected chi connectivity index (χ1v) is 6.54. The van der Waals surface area contributed by atoms with E-state index >= 15 is 0 Å². The smallest absolute Gasteiger partial charge is 0.200 e. The minimum Gasteiger partial charge on any atom is -0.393 e. The third-order valence-electron chi connectivity index (χ3n) is 3.19. The van der Waals surface area contributed by atoms with Crippen molar-refractivity contribution in [2.75, 3.05) is 6.61 Å². The van der Waals surface area contributed by atoms with Crippen LogP contribution in [0.15, 0.2) is 0 Å². The van der Waals surface area contributed by atoms with Crippen molar-refractivity contribution in [2.24, 2.45) is 0 Å². The van der Waals surface area contributed by atoms with Crippen LogP contribution in [0.1, 0.15) is 38.7 Å². The van der Waals surface area contributed by atoms with Gasteiger partial charge in [-0.15, -0.1) is 0 Å². The molecular weight excluding hydrogens is 295 g/mol. The maximum atomic E-state index is 13.8. The first-order chi connectivity index (χ1) is 9.73. The van der Waals surface area contributed by atoms with Crippen LogP contribution in [0.2, 0.25) is 0 Å². The first kappa shape index (κ1) is 17.8. The lowest BCUT2D eigenvalue weighted by Gasteiger charge is -2.28. The Hall–Kier alpha value is -1.21. The van der Waals surface area contributed by atoms with Crippen LogP contribution in [0, 0.1) is 29.1 Å². The number of aliphatic hydroxyl groups is 1. The molecular formula is C14H17F5O2. The summed E-state index contributed by atoms with van der Waals surface area (Å²) in [6, 6.07) is 0. The van der Waals surface area contributed by atoms with Crippen molar-refractivity contribution >= 4 is 0 Å². The molecule has 0 saturated heterocycles. The molecule has 1 aromatic rings. The zero-order chi connectivity index (χ0) is 16.3. The van der Waals surface area contributed by atoms with E-state index in [2.05, 4.69) is 0 Å². The topological polar surface area (TPSA) is 29.5 Å². The van der Waals surface area contributed by atoms with Gasteiger partial charge in [-0.25, -0.2) is 22.0 Å². The molecule has 1 rings (SSSR count). The Morgan fingerprint density at radius 2 is 1.33 bits per heavy atom. The highest BCUT2D eigenvalue weighted by Gasteiger charge is 2.35. The molecule has 3 atom stereocenters. The standard InChI is InChI=1S/C14H17F5O2/c1-4-5-21-7(3)8(6(2)20)9-10(15)12(17)14(19)13(18)11(9)16/h6-8,20H,4-5H2,1-3H3. The van der Waals surface area contributed by atoms with E-state index in [1.807, 2.05) is 0 Å². The predicted molar refractivity (Wildman–Crippen MR) is 66.4 cm³/mol. The number of hydrogen-bond acceptors (Lipinski definition) is 2. The van der Waals surface area contributed by atoms with Crippen LogP contribution in [-0.2, 0) is 4.74 Å². The summed E-state index contributed by atoms with van der Waals surface area (Å²) in [6.45, 7) is 4.64. The summed E-state index contributed by atoms with van der Waals surface area (Å²) in [5.41, 5.74) is -1.05. The average Bonchev–Trinajstić information content (AvgIpc) is 2.44.